The maximum absolute atomic E-state index is 11.7. The second-order valence-electron chi connectivity index (χ2n) is 4.61. The predicted molar refractivity (Wildman–Crippen MR) is 66.3 cm³/mol. The highest BCUT2D eigenvalue weighted by molar-refractivity contribution is 7.89. The van der Waals surface area contributed by atoms with Gasteiger partial charge in [-0.2, -0.15) is 0 Å². The molecule has 5 nitrogen and oxygen atoms in total. The molecule has 7 heteroatoms. The van der Waals surface area contributed by atoms with Gasteiger partial charge in [0.1, 0.15) is 0 Å². The number of nitrogens with one attached hydrogen (secondary N) is 1. The molecular formula is C9H21ClN2O3S. The number of hydrogen-bond donors (Lipinski definition) is 2. The molecule has 98 valence electrons. The number of nitrogens with two attached hydrogens (primary N) is 1. The zero-order valence-electron chi connectivity index (χ0n) is 9.73. The van der Waals surface area contributed by atoms with Crippen LogP contribution in [0.25, 0.3) is 0 Å². The van der Waals surface area contributed by atoms with Crippen LogP contribution in [0.15, 0.2) is 0 Å². The van der Waals surface area contributed by atoms with Gasteiger partial charge in [-0.05, 0) is 26.7 Å². The molecular weight excluding hydrogens is 252 g/mol. The van der Waals surface area contributed by atoms with Gasteiger partial charge in [0.15, 0.2) is 0 Å². The lowest BCUT2D eigenvalue weighted by Crippen LogP contribution is -2.50. The van der Waals surface area contributed by atoms with Crippen molar-refractivity contribution in [2.75, 3.05) is 18.9 Å². The lowest BCUT2D eigenvalue weighted by atomic mass is 10.1. The van der Waals surface area contributed by atoms with Gasteiger partial charge in [-0.15, -0.1) is 12.4 Å². The van der Waals surface area contributed by atoms with Crippen LogP contribution < -0.4 is 10.5 Å². The molecule has 0 aromatic carbocycles. The second kappa shape index (κ2) is 6.16. The third-order valence-corrected chi connectivity index (χ3v) is 4.05. The summed E-state index contributed by atoms with van der Waals surface area (Å²) in [6, 6.07) is 0. The van der Waals surface area contributed by atoms with Gasteiger partial charge in [0.25, 0.3) is 0 Å². The fourth-order valence-electron chi connectivity index (χ4n) is 1.52. The Hall–Kier alpha value is 0.120. The van der Waals surface area contributed by atoms with Crippen molar-refractivity contribution in [1.82, 2.24) is 4.72 Å². The number of sulfonamides is 1. The first kappa shape index (κ1) is 16.1. The lowest BCUT2D eigenvalue weighted by molar-refractivity contribution is 0.127. The van der Waals surface area contributed by atoms with E-state index < -0.39 is 15.6 Å². The van der Waals surface area contributed by atoms with Crippen LogP contribution in [-0.4, -0.2) is 39.0 Å². The number of ether oxygens (including phenoxy) is 1. The van der Waals surface area contributed by atoms with E-state index in [0.29, 0.717) is 6.61 Å². The molecule has 1 rings (SSSR count). The summed E-state index contributed by atoms with van der Waals surface area (Å²) in [5.74, 6) is 0.0381. The molecule has 1 fully saturated rings. The van der Waals surface area contributed by atoms with E-state index in [1.54, 1.807) is 13.8 Å². The molecule has 0 spiro atoms. The molecule has 0 aromatic rings. The topological polar surface area (TPSA) is 81.4 Å². The Labute approximate surface area is 104 Å². The summed E-state index contributed by atoms with van der Waals surface area (Å²) < 4.78 is 31.3. The summed E-state index contributed by atoms with van der Waals surface area (Å²) in [4.78, 5) is 0. The SMILES string of the molecule is CC(C)(CN)NS(=O)(=O)CC1CCCO1.Cl. The van der Waals surface area contributed by atoms with Gasteiger partial charge >= 0.3 is 0 Å². The van der Waals surface area contributed by atoms with Gasteiger partial charge in [-0.3, -0.25) is 0 Å². The molecule has 1 atom stereocenters. The van der Waals surface area contributed by atoms with Gasteiger partial charge in [-0.1, -0.05) is 0 Å². The first-order valence-electron chi connectivity index (χ1n) is 5.18. The normalized spacial score (nSPS) is 21.8. The van der Waals surface area contributed by atoms with Crippen LogP contribution in [0.4, 0.5) is 0 Å². The van der Waals surface area contributed by atoms with E-state index in [-0.39, 0.29) is 30.8 Å². The third kappa shape index (κ3) is 5.45. The Kier molecular flexibility index (Phi) is 6.21. The van der Waals surface area contributed by atoms with Crippen LogP contribution in [0, 0.1) is 0 Å². The maximum Gasteiger partial charge on any atom is 0.214 e. The molecule has 0 amide bonds. The van der Waals surface area contributed by atoms with Crippen molar-refractivity contribution < 1.29 is 13.2 Å². The van der Waals surface area contributed by atoms with Crippen molar-refractivity contribution >= 4 is 22.4 Å². The molecule has 0 radical (unpaired) electrons. The fraction of sp³-hybridized carbons (Fsp3) is 1.00. The Morgan fingerprint density at radius 3 is 2.56 bits per heavy atom. The minimum atomic E-state index is -3.29. The molecule has 1 aliphatic rings. The molecule has 3 N–H and O–H groups in total. The molecule has 1 saturated heterocycles. The molecule has 0 aliphatic carbocycles. The number of hydrogen-bond acceptors (Lipinski definition) is 4. The number of halogens is 1. The Morgan fingerprint density at radius 2 is 2.12 bits per heavy atom. The number of rotatable bonds is 5. The monoisotopic (exact) mass is 272 g/mol. The molecule has 0 saturated carbocycles. The van der Waals surface area contributed by atoms with E-state index in [9.17, 15) is 8.42 Å². The summed E-state index contributed by atoms with van der Waals surface area (Å²) in [7, 11) is -3.29. The van der Waals surface area contributed by atoms with E-state index >= 15 is 0 Å². The van der Waals surface area contributed by atoms with Crippen molar-refractivity contribution in [3.8, 4) is 0 Å². The Bertz CT molecular complexity index is 300. The predicted octanol–water partition coefficient (Wildman–Crippen LogP) is 0.244. The second-order valence-corrected chi connectivity index (χ2v) is 6.37. The van der Waals surface area contributed by atoms with Crippen molar-refractivity contribution in [3.63, 3.8) is 0 Å². The highest BCUT2D eigenvalue weighted by Crippen LogP contribution is 2.14. The van der Waals surface area contributed by atoms with Crippen molar-refractivity contribution in [1.29, 1.82) is 0 Å². The summed E-state index contributed by atoms with van der Waals surface area (Å²) in [5.41, 5.74) is 4.88. The fourth-order valence-corrected chi connectivity index (χ4v) is 3.29. The summed E-state index contributed by atoms with van der Waals surface area (Å²) in [5, 5.41) is 0. The van der Waals surface area contributed by atoms with E-state index in [1.807, 2.05) is 0 Å². The van der Waals surface area contributed by atoms with Gasteiger partial charge < -0.3 is 10.5 Å². The molecule has 1 heterocycles. The smallest absolute Gasteiger partial charge is 0.214 e. The van der Waals surface area contributed by atoms with Crippen LogP contribution in [0.2, 0.25) is 0 Å². The van der Waals surface area contributed by atoms with Crippen molar-refractivity contribution in [2.24, 2.45) is 5.73 Å². The molecule has 1 unspecified atom stereocenters. The average molecular weight is 273 g/mol. The Balaban J connectivity index is 0.00000225. The van der Waals surface area contributed by atoms with E-state index in [4.69, 9.17) is 10.5 Å². The lowest BCUT2D eigenvalue weighted by Gasteiger charge is -2.24. The maximum atomic E-state index is 11.7. The van der Waals surface area contributed by atoms with Crippen molar-refractivity contribution in [3.05, 3.63) is 0 Å². The minimum Gasteiger partial charge on any atom is -0.377 e. The highest BCUT2D eigenvalue weighted by atomic mass is 35.5. The molecule has 0 bridgehead atoms. The van der Waals surface area contributed by atoms with E-state index in [1.165, 1.54) is 0 Å². The van der Waals surface area contributed by atoms with Crippen LogP contribution in [0.3, 0.4) is 0 Å². The van der Waals surface area contributed by atoms with Crippen LogP contribution in [0.5, 0.6) is 0 Å². The van der Waals surface area contributed by atoms with E-state index in [2.05, 4.69) is 4.72 Å². The summed E-state index contributed by atoms with van der Waals surface area (Å²) >= 11 is 0. The third-order valence-electron chi connectivity index (χ3n) is 2.37. The summed E-state index contributed by atoms with van der Waals surface area (Å²) in [6.07, 6.45) is 1.61. The van der Waals surface area contributed by atoms with Gasteiger partial charge in [0.2, 0.25) is 10.0 Å². The zero-order chi connectivity index (χ0) is 11.5. The Morgan fingerprint density at radius 1 is 1.50 bits per heavy atom. The largest absolute Gasteiger partial charge is 0.377 e. The summed E-state index contributed by atoms with van der Waals surface area (Å²) in [6.45, 7) is 4.47. The van der Waals surface area contributed by atoms with Gasteiger partial charge in [-0.25, -0.2) is 13.1 Å². The standard InChI is InChI=1S/C9H20N2O3S.ClH/c1-9(2,7-10)11-15(12,13)6-8-4-3-5-14-8;/h8,11H,3-7,10H2,1-2H3;1H. The van der Waals surface area contributed by atoms with Crippen LogP contribution >= 0.6 is 12.4 Å². The van der Waals surface area contributed by atoms with Crippen LogP contribution in [-0.2, 0) is 14.8 Å². The first-order chi connectivity index (χ1) is 6.85. The zero-order valence-corrected chi connectivity index (χ0v) is 11.4. The first-order valence-corrected chi connectivity index (χ1v) is 6.83. The van der Waals surface area contributed by atoms with E-state index in [0.717, 1.165) is 12.8 Å². The van der Waals surface area contributed by atoms with Crippen molar-refractivity contribution in [2.45, 2.75) is 38.3 Å². The molecule has 16 heavy (non-hydrogen) atoms. The molecule has 0 aromatic heterocycles. The molecule has 1 aliphatic heterocycles. The highest BCUT2D eigenvalue weighted by Gasteiger charge is 2.28. The minimum absolute atomic E-state index is 0. The average Bonchev–Trinajstić information content (AvgIpc) is 2.54. The van der Waals surface area contributed by atoms with Gasteiger partial charge in [0, 0.05) is 18.7 Å². The quantitative estimate of drug-likeness (QED) is 0.751. The van der Waals surface area contributed by atoms with Gasteiger partial charge in [0.05, 0.1) is 11.9 Å². The van der Waals surface area contributed by atoms with Crippen LogP contribution in [0.1, 0.15) is 26.7 Å².